The second-order valence-corrected chi connectivity index (χ2v) is 4.19. The van der Waals surface area contributed by atoms with Crippen molar-refractivity contribution in [2.24, 2.45) is 5.92 Å². The molecule has 0 aliphatic heterocycles. The van der Waals surface area contributed by atoms with Gasteiger partial charge in [-0.25, -0.2) is 0 Å². The first-order valence-electron chi connectivity index (χ1n) is 4.03. The van der Waals surface area contributed by atoms with E-state index in [1.165, 1.54) is 21.7 Å². The lowest BCUT2D eigenvalue weighted by Gasteiger charge is -2.04. The molecule has 1 atom stereocenters. The molecule has 1 aromatic heterocycles. The van der Waals surface area contributed by atoms with Gasteiger partial charge in [0.25, 0.3) is 0 Å². The molecule has 0 fully saturated rings. The molecule has 1 unspecified atom stereocenters. The standard InChI is InChI=1S/C10H12S/c1-7-3-4-9-8(2)6-11-10(9)5-7/h4-7H,3H2,1-2H3. The predicted molar refractivity (Wildman–Crippen MR) is 51.0 cm³/mol. The van der Waals surface area contributed by atoms with Gasteiger partial charge in [0.05, 0.1) is 0 Å². The third-order valence-electron chi connectivity index (χ3n) is 2.18. The third kappa shape index (κ3) is 1.14. The average Bonchev–Trinajstić information content (AvgIpc) is 2.32. The quantitative estimate of drug-likeness (QED) is 0.547. The SMILES string of the molecule is Cc1csc2c1=CCC(C)C=2. The van der Waals surface area contributed by atoms with E-state index >= 15 is 0 Å². The minimum atomic E-state index is 0.737. The van der Waals surface area contributed by atoms with Crippen molar-refractivity contribution in [2.45, 2.75) is 20.3 Å². The highest BCUT2D eigenvalue weighted by molar-refractivity contribution is 7.07. The fourth-order valence-electron chi connectivity index (χ4n) is 1.49. The van der Waals surface area contributed by atoms with E-state index in [0.29, 0.717) is 0 Å². The van der Waals surface area contributed by atoms with Crippen LogP contribution in [0.1, 0.15) is 18.9 Å². The van der Waals surface area contributed by atoms with Gasteiger partial charge in [0, 0.05) is 4.53 Å². The lowest BCUT2D eigenvalue weighted by Crippen LogP contribution is -2.24. The molecule has 0 aromatic carbocycles. The Labute approximate surface area is 70.9 Å². The van der Waals surface area contributed by atoms with E-state index in [-0.39, 0.29) is 0 Å². The Bertz CT molecular complexity index is 370. The van der Waals surface area contributed by atoms with Crippen molar-refractivity contribution in [1.29, 1.82) is 0 Å². The summed E-state index contributed by atoms with van der Waals surface area (Å²) >= 11 is 1.87. The molecule has 0 nitrogen and oxygen atoms in total. The molecule has 1 heteroatoms. The molecule has 0 bridgehead atoms. The van der Waals surface area contributed by atoms with E-state index in [2.05, 4.69) is 31.4 Å². The van der Waals surface area contributed by atoms with Crippen LogP contribution in [0.25, 0.3) is 12.2 Å². The smallest absolute Gasteiger partial charge is 0.0305 e. The van der Waals surface area contributed by atoms with E-state index in [1.54, 1.807) is 0 Å². The van der Waals surface area contributed by atoms with Crippen LogP contribution in [0.5, 0.6) is 0 Å². The van der Waals surface area contributed by atoms with Crippen LogP contribution in [0.3, 0.4) is 0 Å². The molecule has 0 saturated heterocycles. The minimum Gasteiger partial charge on any atom is -0.144 e. The maximum Gasteiger partial charge on any atom is 0.0305 e. The first-order chi connectivity index (χ1) is 5.27. The Hall–Kier alpha value is -0.560. The maximum absolute atomic E-state index is 2.38. The predicted octanol–water partition coefficient (Wildman–Crippen LogP) is 1.66. The zero-order valence-electron chi connectivity index (χ0n) is 6.92. The highest BCUT2D eigenvalue weighted by Crippen LogP contribution is 2.08. The van der Waals surface area contributed by atoms with Crippen molar-refractivity contribution in [1.82, 2.24) is 0 Å². The van der Waals surface area contributed by atoms with Gasteiger partial charge in [-0.05, 0) is 35.4 Å². The summed E-state index contributed by atoms with van der Waals surface area (Å²) < 4.78 is 1.47. The van der Waals surface area contributed by atoms with Crippen LogP contribution in [-0.4, -0.2) is 0 Å². The van der Waals surface area contributed by atoms with E-state index in [1.807, 2.05) is 11.3 Å². The molecule has 1 aromatic rings. The number of hydrogen-bond donors (Lipinski definition) is 0. The number of hydrogen-bond acceptors (Lipinski definition) is 1. The second kappa shape index (κ2) is 2.49. The van der Waals surface area contributed by atoms with Crippen molar-refractivity contribution < 1.29 is 0 Å². The van der Waals surface area contributed by atoms with Gasteiger partial charge in [-0.1, -0.05) is 19.1 Å². The molecule has 0 N–H and O–H groups in total. The van der Waals surface area contributed by atoms with Crippen molar-refractivity contribution in [3.63, 3.8) is 0 Å². The Morgan fingerprint density at radius 3 is 3.18 bits per heavy atom. The monoisotopic (exact) mass is 164 g/mol. The van der Waals surface area contributed by atoms with Crippen LogP contribution in [0.2, 0.25) is 0 Å². The van der Waals surface area contributed by atoms with Gasteiger partial charge in [0.15, 0.2) is 0 Å². The number of aryl methyl sites for hydroxylation is 1. The van der Waals surface area contributed by atoms with Gasteiger partial charge in [-0.15, -0.1) is 11.3 Å². The summed E-state index contributed by atoms with van der Waals surface area (Å²) in [6.45, 7) is 4.46. The molecule has 1 heterocycles. The van der Waals surface area contributed by atoms with Gasteiger partial charge < -0.3 is 0 Å². The van der Waals surface area contributed by atoms with E-state index in [0.717, 1.165) is 5.92 Å². The molecule has 11 heavy (non-hydrogen) atoms. The molecule has 0 spiro atoms. The van der Waals surface area contributed by atoms with Gasteiger partial charge in [-0.3, -0.25) is 0 Å². The topological polar surface area (TPSA) is 0 Å². The maximum atomic E-state index is 2.38. The molecular formula is C10H12S. The Morgan fingerprint density at radius 2 is 2.36 bits per heavy atom. The minimum absolute atomic E-state index is 0.737. The van der Waals surface area contributed by atoms with Crippen LogP contribution in [0.4, 0.5) is 0 Å². The fourth-order valence-corrected chi connectivity index (χ4v) is 2.61. The van der Waals surface area contributed by atoms with Crippen LogP contribution in [0.15, 0.2) is 5.38 Å². The molecule has 1 aliphatic carbocycles. The van der Waals surface area contributed by atoms with Crippen LogP contribution >= 0.6 is 11.3 Å². The molecule has 58 valence electrons. The molecule has 0 amide bonds. The van der Waals surface area contributed by atoms with E-state index in [4.69, 9.17) is 0 Å². The van der Waals surface area contributed by atoms with Crippen molar-refractivity contribution in [3.8, 4) is 0 Å². The average molecular weight is 164 g/mol. The number of rotatable bonds is 0. The summed E-state index contributed by atoms with van der Waals surface area (Å²) in [5, 5.41) is 3.73. The normalized spacial score (nSPS) is 21.8. The summed E-state index contributed by atoms with van der Waals surface area (Å²) in [6.07, 6.45) is 5.96. The summed E-state index contributed by atoms with van der Waals surface area (Å²) in [6, 6.07) is 0. The number of thiophene rings is 1. The Balaban J connectivity index is 2.76. The van der Waals surface area contributed by atoms with Gasteiger partial charge in [-0.2, -0.15) is 0 Å². The fraction of sp³-hybridized carbons (Fsp3) is 0.400. The highest BCUT2D eigenvalue weighted by atomic mass is 32.1. The van der Waals surface area contributed by atoms with Gasteiger partial charge in [0.1, 0.15) is 0 Å². The summed E-state index contributed by atoms with van der Waals surface area (Å²) in [7, 11) is 0. The lowest BCUT2D eigenvalue weighted by atomic mass is 10.0. The highest BCUT2D eigenvalue weighted by Gasteiger charge is 2.03. The van der Waals surface area contributed by atoms with Crippen molar-refractivity contribution in [3.05, 3.63) is 20.7 Å². The zero-order valence-corrected chi connectivity index (χ0v) is 7.74. The van der Waals surface area contributed by atoms with Crippen molar-refractivity contribution >= 4 is 23.5 Å². The Kier molecular flexibility index (Phi) is 1.61. The molecule has 0 saturated carbocycles. The van der Waals surface area contributed by atoms with E-state index < -0.39 is 0 Å². The lowest BCUT2D eigenvalue weighted by molar-refractivity contribution is 0.802. The first kappa shape index (κ1) is 7.11. The molecule has 2 rings (SSSR count). The molecular weight excluding hydrogens is 152 g/mol. The zero-order chi connectivity index (χ0) is 7.84. The van der Waals surface area contributed by atoms with Gasteiger partial charge >= 0.3 is 0 Å². The van der Waals surface area contributed by atoms with Crippen LogP contribution in [0, 0.1) is 12.8 Å². The van der Waals surface area contributed by atoms with E-state index in [9.17, 15) is 0 Å². The largest absolute Gasteiger partial charge is 0.144 e. The summed E-state index contributed by atoms with van der Waals surface area (Å²) in [5.74, 6) is 0.737. The summed E-state index contributed by atoms with van der Waals surface area (Å²) in [4.78, 5) is 0. The second-order valence-electron chi connectivity index (χ2n) is 3.28. The van der Waals surface area contributed by atoms with Crippen LogP contribution < -0.4 is 9.75 Å². The Morgan fingerprint density at radius 1 is 1.55 bits per heavy atom. The van der Waals surface area contributed by atoms with Gasteiger partial charge in [0.2, 0.25) is 0 Å². The number of fused-ring (bicyclic) bond motifs is 1. The first-order valence-corrected chi connectivity index (χ1v) is 4.91. The van der Waals surface area contributed by atoms with Crippen LogP contribution in [-0.2, 0) is 0 Å². The summed E-state index contributed by atoms with van der Waals surface area (Å²) in [5.41, 5.74) is 1.44. The molecule has 1 aliphatic rings. The van der Waals surface area contributed by atoms with Crippen molar-refractivity contribution in [2.75, 3.05) is 0 Å². The third-order valence-corrected chi connectivity index (χ3v) is 3.26. The molecule has 0 radical (unpaired) electrons.